The summed E-state index contributed by atoms with van der Waals surface area (Å²) in [6, 6.07) is -0.0392. The van der Waals surface area contributed by atoms with Crippen molar-refractivity contribution >= 4 is 10.0 Å². The molecule has 1 saturated carbocycles. The molecule has 1 aromatic heterocycles. The Bertz CT molecular complexity index is 590. The monoisotopic (exact) mass is 314 g/mol. The molecule has 1 aliphatic carbocycles. The summed E-state index contributed by atoms with van der Waals surface area (Å²) < 4.78 is 29.3. The first-order valence-corrected chi connectivity index (χ1v) is 8.80. The zero-order valence-corrected chi connectivity index (χ0v) is 14.3. The normalized spacial score (nSPS) is 20.6. The molecular formula is C14H26N4O2S. The Morgan fingerprint density at radius 1 is 1.29 bits per heavy atom. The van der Waals surface area contributed by atoms with Gasteiger partial charge in [0, 0.05) is 18.8 Å². The summed E-state index contributed by atoms with van der Waals surface area (Å²) in [5.74, 6) is 0. The molecule has 2 rings (SSSR count). The molecule has 0 saturated heterocycles. The van der Waals surface area contributed by atoms with E-state index in [4.69, 9.17) is 0 Å². The molecule has 6 nitrogen and oxygen atoms in total. The molecule has 0 aromatic carbocycles. The third-order valence-electron chi connectivity index (χ3n) is 5.03. The van der Waals surface area contributed by atoms with Gasteiger partial charge in [-0.3, -0.25) is 4.68 Å². The number of hydrogen-bond acceptors (Lipinski definition) is 4. The SMILES string of the molecule is CNCCCn1cc(S(=O)(=O)NC2C(C)(C)C2(C)C)cn1. The minimum Gasteiger partial charge on any atom is -0.320 e. The number of nitrogens with zero attached hydrogens (tertiary/aromatic N) is 2. The molecule has 0 amide bonds. The van der Waals surface area contributed by atoms with Gasteiger partial charge >= 0.3 is 0 Å². The van der Waals surface area contributed by atoms with Crippen LogP contribution in [0.2, 0.25) is 0 Å². The van der Waals surface area contributed by atoms with Crippen molar-refractivity contribution in [3.63, 3.8) is 0 Å². The van der Waals surface area contributed by atoms with Gasteiger partial charge in [-0.15, -0.1) is 0 Å². The zero-order valence-electron chi connectivity index (χ0n) is 13.5. The highest BCUT2D eigenvalue weighted by Crippen LogP contribution is 2.62. The van der Waals surface area contributed by atoms with Crippen LogP contribution in [0, 0.1) is 10.8 Å². The maximum Gasteiger partial charge on any atom is 0.243 e. The summed E-state index contributed by atoms with van der Waals surface area (Å²) in [6.07, 6.45) is 3.93. The lowest BCUT2D eigenvalue weighted by Crippen LogP contribution is -2.29. The molecule has 0 radical (unpaired) electrons. The summed E-state index contributed by atoms with van der Waals surface area (Å²) in [5.41, 5.74) is -0.0499. The van der Waals surface area contributed by atoms with Gasteiger partial charge in [0.2, 0.25) is 10.0 Å². The van der Waals surface area contributed by atoms with Gasteiger partial charge in [-0.2, -0.15) is 5.10 Å². The van der Waals surface area contributed by atoms with Gasteiger partial charge in [-0.25, -0.2) is 13.1 Å². The highest BCUT2D eigenvalue weighted by atomic mass is 32.2. The van der Waals surface area contributed by atoms with Crippen molar-refractivity contribution in [2.75, 3.05) is 13.6 Å². The van der Waals surface area contributed by atoms with Crippen LogP contribution in [-0.4, -0.2) is 37.8 Å². The van der Waals surface area contributed by atoms with Crippen molar-refractivity contribution in [2.24, 2.45) is 10.8 Å². The first-order valence-electron chi connectivity index (χ1n) is 7.32. The lowest BCUT2D eigenvalue weighted by Gasteiger charge is -2.06. The second-order valence-electron chi connectivity index (χ2n) is 6.89. The van der Waals surface area contributed by atoms with Crippen molar-refractivity contribution in [1.82, 2.24) is 19.8 Å². The second kappa shape index (κ2) is 5.37. The minimum atomic E-state index is -3.50. The number of hydrogen-bond donors (Lipinski definition) is 2. The third-order valence-corrected chi connectivity index (χ3v) is 6.40. The van der Waals surface area contributed by atoms with E-state index in [1.54, 1.807) is 10.9 Å². The van der Waals surface area contributed by atoms with Gasteiger partial charge in [-0.1, -0.05) is 27.7 Å². The van der Waals surface area contributed by atoms with Gasteiger partial charge in [0.05, 0.1) is 6.20 Å². The van der Waals surface area contributed by atoms with Crippen LogP contribution in [-0.2, 0) is 16.6 Å². The van der Waals surface area contributed by atoms with Crippen molar-refractivity contribution in [2.45, 2.75) is 51.6 Å². The molecule has 0 aliphatic heterocycles. The largest absolute Gasteiger partial charge is 0.320 e. The van der Waals surface area contributed by atoms with E-state index < -0.39 is 10.0 Å². The Balaban J connectivity index is 2.04. The van der Waals surface area contributed by atoms with E-state index in [9.17, 15) is 8.42 Å². The van der Waals surface area contributed by atoms with Crippen LogP contribution in [0.15, 0.2) is 17.3 Å². The lowest BCUT2D eigenvalue weighted by molar-refractivity contribution is 0.457. The highest BCUT2D eigenvalue weighted by Gasteiger charge is 2.66. The van der Waals surface area contributed by atoms with Gasteiger partial charge in [-0.05, 0) is 30.8 Å². The summed E-state index contributed by atoms with van der Waals surface area (Å²) in [7, 11) is -1.61. The van der Waals surface area contributed by atoms with Crippen molar-refractivity contribution < 1.29 is 8.42 Å². The topological polar surface area (TPSA) is 76.0 Å². The lowest BCUT2D eigenvalue weighted by atomic mass is 10.0. The van der Waals surface area contributed by atoms with Gasteiger partial charge < -0.3 is 5.32 Å². The van der Waals surface area contributed by atoms with Crippen LogP contribution in [0.25, 0.3) is 0 Å². The van der Waals surface area contributed by atoms with Crippen LogP contribution in [0.3, 0.4) is 0 Å². The summed E-state index contributed by atoms with van der Waals surface area (Å²) >= 11 is 0. The summed E-state index contributed by atoms with van der Waals surface area (Å²) in [5, 5.41) is 7.18. The second-order valence-corrected chi connectivity index (χ2v) is 8.61. The zero-order chi connectivity index (χ0) is 15.9. The quantitative estimate of drug-likeness (QED) is 0.742. The van der Waals surface area contributed by atoms with Crippen LogP contribution < -0.4 is 10.0 Å². The first-order chi connectivity index (χ1) is 9.63. The van der Waals surface area contributed by atoms with Gasteiger partial charge in [0.25, 0.3) is 0 Å². The average molecular weight is 314 g/mol. The average Bonchev–Trinajstić information content (AvgIpc) is 2.78. The standard InChI is InChI=1S/C14H26N4O2S/c1-13(2)12(14(13,3)4)17-21(19,20)11-9-16-18(10-11)8-6-7-15-5/h9-10,12,15,17H,6-8H2,1-5H3. The first kappa shape index (κ1) is 16.5. The Morgan fingerprint density at radius 2 is 1.90 bits per heavy atom. The minimum absolute atomic E-state index is 0.0249. The predicted molar refractivity (Wildman–Crippen MR) is 82.4 cm³/mol. The van der Waals surface area contributed by atoms with Crippen molar-refractivity contribution in [1.29, 1.82) is 0 Å². The van der Waals surface area contributed by atoms with Gasteiger partial charge in [0.1, 0.15) is 4.90 Å². The van der Waals surface area contributed by atoms with Crippen LogP contribution in [0.1, 0.15) is 34.1 Å². The van der Waals surface area contributed by atoms with E-state index in [0.717, 1.165) is 13.0 Å². The van der Waals surface area contributed by atoms with E-state index in [2.05, 4.69) is 42.8 Å². The highest BCUT2D eigenvalue weighted by molar-refractivity contribution is 7.89. The van der Waals surface area contributed by atoms with Crippen LogP contribution in [0.5, 0.6) is 0 Å². The molecule has 120 valence electrons. The summed E-state index contributed by atoms with van der Waals surface area (Å²) in [6.45, 7) is 9.92. The Morgan fingerprint density at radius 3 is 2.43 bits per heavy atom. The maximum absolute atomic E-state index is 12.4. The Labute approximate surface area is 127 Å². The molecule has 0 unspecified atom stereocenters. The molecule has 2 N–H and O–H groups in total. The molecule has 1 aromatic rings. The third kappa shape index (κ3) is 3.00. The van der Waals surface area contributed by atoms with Crippen molar-refractivity contribution in [3.8, 4) is 0 Å². The van der Waals surface area contributed by atoms with E-state index in [0.29, 0.717) is 6.54 Å². The molecule has 1 heterocycles. The number of rotatable bonds is 7. The Hall–Kier alpha value is -0.920. The molecule has 0 spiro atoms. The van der Waals surface area contributed by atoms with Gasteiger partial charge in [0.15, 0.2) is 0 Å². The van der Waals surface area contributed by atoms with E-state index in [1.807, 2.05) is 7.05 Å². The number of nitrogens with one attached hydrogen (secondary N) is 2. The smallest absolute Gasteiger partial charge is 0.243 e. The van der Waals surface area contributed by atoms with E-state index in [1.165, 1.54) is 6.20 Å². The molecule has 0 atom stereocenters. The molecule has 21 heavy (non-hydrogen) atoms. The predicted octanol–water partition coefficient (Wildman–Crippen LogP) is 1.21. The van der Waals surface area contributed by atoms with Crippen LogP contribution in [0.4, 0.5) is 0 Å². The maximum atomic E-state index is 12.4. The number of sulfonamides is 1. The number of aryl methyl sites for hydroxylation is 1. The fraction of sp³-hybridized carbons (Fsp3) is 0.786. The van der Waals surface area contributed by atoms with Crippen LogP contribution >= 0.6 is 0 Å². The van der Waals surface area contributed by atoms with Crippen molar-refractivity contribution in [3.05, 3.63) is 12.4 Å². The molecular weight excluding hydrogens is 288 g/mol. The molecule has 7 heteroatoms. The summed E-state index contributed by atoms with van der Waals surface area (Å²) in [4.78, 5) is 0.241. The molecule has 1 fully saturated rings. The fourth-order valence-corrected chi connectivity index (χ4v) is 4.22. The Kier molecular flexibility index (Phi) is 4.21. The number of aromatic nitrogens is 2. The fourth-order valence-electron chi connectivity index (χ4n) is 2.74. The van der Waals surface area contributed by atoms with E-state index in [-0.39, 0.29) is 21.8 Å². The molecule has 1 aliphatic rings. The van der Waals surface area contributed by atoms with E-state index >= 15 is 0 Å². The molecule has 0 bridgehead atoms.